The molecule has 5 heteroatoms. The largest absolute Gasteiger partial charge is 0.507 e. The predicted octanol–water partition coefficient (Wildman–Crippen LogP) is 15.2. The lowest BCUT2D eigenvalue weighted by Crippen LogP contribution is -2.11. The van der Waals surface area contributed by atoms with Crippen LogP contribution in [-0.2, 0) is 5.41 Å². The molecule has 0 aliphatic carbocycles. The number of imidazole rings is 1. The van der Waals surface area contributed by atoms with Crippen molar-refractivity contribution in [3.8, 4) is 67.5 Å². The molecule has 0 fully saturated rings. The summed E-state index contributed by atoms with van der Waals surface area (Å²) in [5.41, 5.74) is 17.5. The van der Waals surface area contributed by atoms with E-state index >= 15 is 0 Å². The van der Waals surface area contributed by atoms with Crippen LogP contribution in [-0.4, -0.2) is 24.6 Å². The van der Waals surface area contributed by atoms with Crippen molar-refractivity contribution in [2.24, 2.45) is 0 Å². The van der Waals surface area contributed by atoms with Gasteiger partial charge >= 0.3 is 0 Å². The molecule has 9 aromatic rings. The fraction of sp³-hybridized carbons (Fsp3) is 0.211. The van der Waals surface area contributed by atoms with Crippen LogP contribution >= 0.6 is 0 Å². The molecule has 9 rings (SSSR count). The number of para-hydroxylation sites is 1. The van der Waals surface area contributed by atoms with Gasteiger partial charge in [-0.25, -0.2) is 4.98 Å². The van der Waals surface area contributed by atoms with E-state index in [1.54, 1.807) is 0 Å². The second kappa shape index (κ2) is 15.9. The Bertz CT molecular complexity index is 3100. The zero-order valence-electron chi connectivity index (χ0n) is 37.2. The molecule has 3 aromatic heterocycles. The molecule has 0 unspecified atom stereocenters. The minimum absolute atomic E-state index is 0.165. The number of aryl methyl sites for hydroxylation is 2. The first kappa shape index (κ1) is 40.6. The van der Waals surface area contributed by atoms with Crippen LogP contribution in [0.1, 0.15) is 88.4 Å². The monoisotopic (exact) mass is 810 g/mol. The Balaban J connectivity index is 1.43. The maximum atomic E-state index is 12.0. The van der Waals surface area contributed by atoms with Crippen molar-refractivity contribution in [3.63, 3.8) is 0 Å². The Morgan fingerprint density at radius 1 is 0.532 bits per heavy atom. The van der Waals surface area contributed by atoms with Gasteiger partial charge < -0.3 is 5.11 Å². The molecule has 0 bridgehead atoms. The summed E-state index contributed by atoms with van der Waals surface area (Å²) in [5.74, 6) is 1.33. The third kappa shape index (κ3) is 7.57. The summed E-state index contributed by atoms with van der Waals surface area (Å²) in [6, 6.07) is 49.4. The fourth-order valence-corrected chi connectivity index (χ4v) is 8.91. The lowest BCUT2D eigenvalue weighted by atomic mass is 9.83. The van der Waals surface area contributed by atoms with E-state index in [-0.39, 0.29) is 23.0 Å². The highest BCUT2D eigenvalue weighted by molar-refractivity contribution is 6.01. The number of phenolic OH excluding ortho intramolecular Hbond substituents is 1. The van der Waals surface area contributed by atoms with Crippen molar-refractivity contribution >= 4 is 21.8 Å². The molecule has 0 aliphatic rings. The summed E-state index contributed by atoms with van der Waals surface area (Å²) in [6.45, 7) is 20.0. The molecule has 5 nitrogen and oxygen atoms in total. The molecule has 308 valence electrons. The summed E-state index contributed by atoms with van der Waals surface area (Å²) < 4.78 is 2.34. The predicted molar refractivity (Wildman–Crippen MR) is 259 cm³/mol. The number of phenols is 1. The van der Waals surface area contributed by atoms with Crippen LogP contribution in [0.25, 0.3) is 83.5 Å². The molecule has 0 spiro atoms. The van der Waals surface area contributed by atoms with Gasteiger partial charge in [-0.2, -0.15) is 0 Å². The minimum Gasteiger partial charge on any atom is -0.507 e. The number of hydrogen-bond acceptors (Lipinski definition) is 4. The molecule has 6 aromatic carbocycles. The van der Waals surface area contributed by atoms with Gasteiger partial charge in [0.2, 0.25) is 0 Å². The van der Waals surface area contributed by atoms with E-state index < -0.39 is 0 Å². The van der Waals surface area contributed by atoms with E-state index in [1.165, 1.54) is 16.7 Å². The molecule has 0 atom stereocenters. The van der Waals surface area contributed by atoms with Crippen LogP contribution in [0, 0.1) is 13.8 Å². The summed E-state index contributed by atoms with van der Waals surface area (Å²) in [7, 11) is 0. The highest BCUT2D eigenvalue weighted by atomic mass is 16.3. The Morgan fingerprint density at radius 3 is 1.82 bits per heavy atom. The number of fused-ring (bicyclic) bond motifs is 2. The van der Waals surface area contributed by atoms with Gasteiger partial charge in [0.05, 0.1) is 28.0 Å². The number of aromatic nitrogens is 4. The summed E-state index contributed by atoms with van der Waals surface area (Å²) in [4.78, 5) is 15.4. The van der Waals surface area contributed by atoms with Crippen LogP contribution in [0.2, 0.25) is 0 Å². The fourth-order valence-electron chi connectivity index (χ4n) is 8.91. The van der Waals surface area contributed by atoms with E-state index in [0.717, 1.165) is 83.5 Å². The van der Waals surface area contributed by atoms with Crippen LogP contribution in [0.3, 0.4) is 0 Å². The van der Waals surface area contributed by atoms with Crippen LogP contribution in [0.4, 0.5) is 0 Å². The zero-order valence-corrected chi connectivity index (χ0v) is 37.2. The van der Waals surface area contributed by atoms with Crippen LogP contribution in [0.15, 0.2) is 146 Å². The lowest BCUT2D eigenvalue weighted by molar-refractivity contribution is 0.477. The Hall–Kier alpha value is -6.85. The third-order valence-electron chi connectivity index (χ3n) is 12.1. The lowest BCUT2D eigenvalue weighted by Gasteiger charge is -2.23. The van der Waals surface area contributed by atoms with Crippen molar-refractivity contribution in [2.75, 3.05) is 0 Å². The zero-order chi connectivity index (χ0) is 43.4. The smallest absolute Gasteiger partial charge is 0.149 e. The second-order valence-corrected chi connectivity index (χ2v) is 18.5. The maximum absolute atomic E-state index is 12.0. The molecular formula is C57H54N4O. The first-order valence-electron chi connectivity index (χ1n) is 21.8. The average Bonchev–Trinajstić information content (AvgIpc) is 3.64. The molecule has 0 amide bonds. The van der Waals surface area contributed by atoms with Gasteiger partial charge in [-0.05, 0) is 147 Å². The van der Waals surface area contributed by atoms with Gasteiger partial charge in [0.15, 0.2) is 0 Å². The maximum Gasteiger partial charge on any atom is 0.149 e. The van der Waals surface area contributed by atoms with Crippen molar-refractivity contribution in [2.45, 2.75) is 79.6 Å². The van der Waals surface area contributed by atoms with Gasteiger partial charge in [0, 0.05) is 28.7 Å². The normalized spacial score (nSPS) is 12.0. The molecule has 0 saturated carbocycles. The number of aromatic hydroxyl groups is 1. The summed E-state index contributed by atoms with van der Waals surface area (Å²) in [6.07, 6.45) is 1.91. The average molecular weight is 811 g/mol. The van der Waals surface area contributed by atoms with Gasteiger partial charge in [0.1, 0.15) is 11.6 Å². The summed E-state index contributed by atoms with van der Waals surface area (Å²) in [5, 5.41) is 14.0. The second-order valence-electron chi connectivity index (χ2n) is 18.5. The Labute approximate surface area is 365 Å². The van der Waals surface area contributed by atoms with Crippen LogP contribution in [0.5, 0.6) is 5.75 Å². The highest BCUT2D eigenvalue weighted by Gasteiger charge is 2.27. The first-order valence-corrected chi connectivity index (χ1v) is 21.8. The van der Waals surface area contributed by atoms with E-state index in [9.17, 15) is 5.11 Å². The Morgan fingerprint density at radius 2 is 1.16 bits per heavy atom. The van der Waals surface area contributed by atoms with E-state index in [1.807, 2.05) is 36.5 Å². The van der Waals surface area contributed by atoms with E-state index in [2.05, 4.69) is 176 Å². The summed E-state index contributed by atoms with van der Waals surface area (Å²) >= 11 is 0. The number of hydrogen-bond donors (Lipinski definition) is 1. The van der Waals surface area contributed by atoms with Crippen molar-refractivity contribution in [1.82, 2.24) is 19.5 Å². The molecule has 3 heterocycles. The number of benzene rings is 6. The first-order chi connectivity index (χ1) is 29.7. The Kier molecular flexibility index (Phi) is 10.4. The quantitative estimate of drug-likeness (QED) is 0.166. The molecule has 1 N–H and O–H groups in total. The van der Waals surface area contributed by atoms with E-state index in [4.69, 9.17) is 15.0 Å². The minimum atomic E-state index is -0.165. The van der Waals surface area contributed by atoms with Gasteiger partial charge in [-0.1, -0.05) is 127 Å². The van der Waals surface area contributed by atoms with Gasteiger partial charge in [-0.15, -0.1) is 0 Å². The van der Waals surface area contributed by atoms with Crippen molar-refractivity contribution in [1.29, 1.82) is 0 Å². The molecule has 0 aliphatic heterocycles. The third-order valence-corrected chi connectivity index (χ3v) is 12.1. The topological polar surface area (TPSA) is 63.8 Å². The number of rotatable bonds is 8. The van der Waals surface area contributed by atoms with Gasteiger partial charge in [-0.3, -0.25) is 14.5 Å². The van der Waals surface area contributed by atoms with Crippen LogP contribution < -0.4 is 0 Å². The molecule has 0 radical (unpaired) electrons. The molecule has 62 heavy (non-hydrogen) atoms. The number of pyridine rings is 2. The number of nitrogens with zero attached hydrogens (tertiary/aromatic N) is 4. The van der Waals surface area contributed by atoms with E-state index in [0.29, 0.717) is 11.4 Å². The SMILES string of the molecule is Cc1cc(-c2cc(-c3cc(-c4cc(-c5ccccc5)ccn4)cc(C(C)(C)C)c3)c3nc(-c4cc5ccccc5cc4O)n(-c4c(C(C)C)cccc4C(C)C)c3c2)cc(C)n1. The van der Waals surface area contributed by atoms with Gasteiger partial charge in [0.25, 0.3) is 0 Å². The standard InChI is InChI=1S/C57H54N4O/c1-34(2)47-20-15-21-48(35(3)4)55(47)61-52-32-43(42-24-36(5)59-37(6)25-42)30-49(54(52)60-56(61)50-29-39-18-13-14-19-40(39)33-53(50)62)44-26-45(28-46(27-44)57(7,8)9)51-31-41(22-23-58-51)38-16-11-10-12-17-38/h10-35,62H,1-9H3. The van der Waals surface area contributed by atoms with Crippen molar-refractivity contribution in [3.05, 3.63) is 174 Å². The van der Waals surface area contributed by atoms with Crippen molar-refractivity contribution < 1.29 is 5.11 Å². The molecular weight excluding hydrogens is 757 g/mol. The highest BCUT2D eigenvalue weighted by Crippen LogP contribution is 2.45. The molecule has 0 saturated heterocycles.